The van der Waals surface area contributed by atoms with Crippen LogP contribution in [0.15, 0.2) is 42.6 Å². The van der Waals surface area contributed by atoms with Crippen LogP contribution in [0.5, 0.6) is 0 Å². The minimum absolute atomic E-state index is 0.0273. The van der Waals surface area contributed by atoms with E-state index in [9.17, 15) is 9.90 Å². The number of aromatic amines is 1. The maximum absolute atomic E-state index is 12.8. The number of aliphatic hydroxyl groups is 1. The molecule has 2 heterocycles. The fourth-order valence-electron chi connectivity index (χ4n) is 5.15. The molecule has 1 amide bonds. The van der Waals surface area contributed by atoms with Crippen LogP contribution in [0, 0.1) is 0 Å². The predicted molar refractivity (Wildman–Crippen MR) is 134 cm³/mol. The van der Waals surface area contributed by atoms with Crippen molar-refractivity contribution in [1.29, 1.82) is 0 Å². The van der Waals surface area contributed by atoms with Gasteiger partial charge >= 0.3 is 0 Å². The molecule has 0 unspecified atom stereocenters. The highest BCUT2D eigenvalue weighted by Crippen LogP contribution is 2.47. The van der Waals surface area contributed by atoms with Crippen LogP contribution in [-0.2, 0) is 7.05 Å². The second-order valence-electron chi connectivity index (χ2n) is 9.82. The molecule has 35 heavy (non-hydrogen) atoms. The van der Waals surface area contributed by atoms with Crippen molar-refractivity contribution in [3.8, 4) is 11.4 Å². The van der Waals surface area contributed by atoms with Crippen molar-refractivity contribution in [1.82, 2.24) is 30.3 Å². The van der Waals surface area contributed by atoms with E-state index >= 15 is 0 Å². The molecular weight excluding hydrogens is 442 g/mol. The molecule has 0 spiro atoms. The number of nitrogens with one attached hydrogen (secondary N) is 3. The van der Waals surface area contributed by atoms with Crippen LogP contribution in [0.1, 0.15) is 60.4 Å². The number of H-pyrrole nitrogens is 1. The highest BCUT2D eigenvalue weighted by atomic mass is 16.3. The maximum atomic E-state index is 12.8. The van der Waals surface area contributed by atoms with E-state index in [0.717, 1.165) is 47.8 Å². The SMILES string of the molecule is Cn1nc(-c2ccc(C(=O)NC3(CO)CCCC3)cc2)nc1Nc1ccc2[nH]ncc2c1C1CC1. The Morgan fingerprint density at radius 1 is 1.17 bits per heavy atom. The number of aromatic nitrogens is 5. The average molecular weight is 472 g/mol. The number of fused-ring (bicyclic) bond motifs is 1. The van der Waals surface area contributed by atoms with Crippen LogP contribution in [0.4, 0.5) is 11.6 Å². The lowest BCUT2D eigenvalue weighted by Crippen LogP contribution is -2.49. The summed E-state index contributed by atoms with van der Waals surface area (Å²) in [5.74, 6) is 1.62. The fourth-order valence-corrected chi connectivity index (χ4v) is 5.15. The van der Waals surface area contributed by atoms with Gasteiger partial charge in [-0.1, -0.05) is 25.0 Å². The summed E-state index contributed by atoms with van der Waals surface area (Å²) >= 11 is 0. The largest absolute Gasteiger partial charge is 0.394 e. The molecule has 0 bridgehead atoms. The molecule has 2 saturated carbocycles. The van der Waals surface area contributed by atoms with Gasteiger partial charge in [0.2, 0.25) is 5.95 Å². The zero-order valence-electron chi connectivity index (χ0n) is 19.7. The zero-order chi connectivity index (χ0) is 24.0. The quantitative estimate of drug-likeness (QED) is 0.323. The van der Waals surface area contributed by atoms with Crippen molar-refractivity contribution in [3.05, 3.63) is 53.7 Å². The van der Waals surface area contributed by atoms with Gasteiger partial charge in [-0.3, -0.25) is 9.89 Å². The Morgan fingerprint density at radius 2 is 1.94 bits per heavy atom. The van der Waals surface area contributed by atoms with E-state index in [4.69, 9.17) is 4.98 Å². The zero-order valence-corrected chi connectivity index (χ0v) is 19.7. The van der Waals surface area contributed by atoms with E-state index in [1.54, 1.807) is 16.8 Å². The van der Waals surface area contributed by atoms with Crippen molar-refractivity contribution >= 4 is 28.4 Å². The van der Waals surface area contributed by atoms with E-state index < -0.39 is 5.54 Å². The first-order valence-corrected chi connectivity index (χ1v) is 12.2. The first kappa shape index (κ1) is 21.8. The van der Waals surface area contributed by atoms with Crippen molar-refractivity contribution in [2.45, 2.75) is 50.0 Å². The number of anilines is 2. The molecule has 0 saturated heterocycles. The minimum Gasteiger partial charge on any atom is -0.394 e. The summed E-state index contributed by atoms with van der Waals surface area (Å²) < 4.78 is 1.73. The van der Waals surface area contributed by atoms with Crippen LogP contribution in [-0.4, -0.2) is 48.1 Å². The molecule has 2 aliphatic carbocycles. The summed E-state index contributed by atoms with van der Waals surface area (Å²) in [6.45, 7) is -0.0273. The van der Waals surface area contributed by atoms with Crippen molar-refractivity contribution < 1.29 is 9.90 Å². The third kappa shape index (κ3) is 4.05. The summed E-state index contributed by atoms with van der Waals surface area (Å²) in [4.78, 5) is 17.5. The molecule has 4 N–H and O–H groups in total. The number of nitrogens with zero attached hydrogens (tertiary/aromatic N) is 4. The Bertz CT molecular complexity index is 1380. The first-order chi connectivity index (χ1) is 17.0. The van der Waals surface area contributed by atoms with E-state index in [-0.39, 0.29) is 12.5 Å². The normalized spacial score (nSPS) is 17.1. The summed E-state index contributed by atoms with van der Waals surface area (Å²) in [7, 11) is 1.86. The van der Waals surface area contributed by atoms with Gasteiger partial charge in [-0.05, 0) is 61.4 Å². The highest BCUT2D eigenvalue weighted by molar-refractivity contribution is 5.95. The number of carbonyl (C=O) groups is 1. The number of benzene rings is 2. The Balaban J connectivity index is 1.22. The third-order valence-electron chi connectivity index (χ3n) is 7.31. The Hall–Kier alpha value is -3.72. The Kier molecular flexibility index (Phi) is 5.29. The van der Waals surface area contributed by atoms with Gasteiger partial charge in [0.05, 0.1) is 23.9 Å². The minimum atomic E-state index is -0.488. The van der Waals surface area contributed by atoms with Gasteiger partial charge in [0.1, 0.15) is 0 Å². The molecule has 9 heteroatoms. The van der Waals surface area contributed by atoms with Crippen LogP contribution in [0.3, 0.4) is 0 Å². The second kappa shape index (κ2) is 8.49. The fraction of sp³-hybridized carbons (Fsp3) is 0.385. The molecule has 2 aromatic heterocycles. The predicted octanol–water partition coefficient (Wildman–Crippen LogP) is 4.01. The first-order valence-electron chi connectivity index (χ1n) is 12.2. The lowest BCUT2D eigenvalue weighted by atomic mass is 9.98. The van der Waals surface area contributed by atoms with Crippen LogP contribution in [0.25, 0.3) is 22.3 Å². The van der Waals surface area contributed by atoms with Crippen molar-refractivity contribution in [3.63, 3.8) is 0 Å². The van der Waals surface area contributed by atoms with E-state index in [2.05, 4.69) is 32.0 Å². The molecule has 0 radical (unpaired) electrons. The molecule has 2 aliphatic rings. The number of aryl methyl sites for hydroxylation is 1. The third-order valence-corrected chi connectivity index (χ3v) is 7.31. The summed E-state index contributed by atoms with van der Waals surface area (Å²) in [5, 5.41) is 29.3. The summed E-state index contributed by atoms with van der Waals surface area (Å²) in [5.41, 5.74) is 4.25. The number of aliphatic hydroxyl groups excluding tert-OH is 1. The number of amides is 1. The van der Waals surface area contributed by atoms with Gasteiger partial charge < -0.3 is 15.7 Å². The van der Waals surface area contributed by atoms with Gasteiger partial charge in [0, 0.05) is 29.2 Å². The molecule has 2 aromatic carbocycles. The summed E-state index contributed by atoms with van der Waals surface area (Å²) in [6.07, 6.45) is 7.95. The van der Waals surface area contributed by atoms with Gasteiger partial charge in [-0.2, -0.15) is 10.1 Å². The smallest absolute Gasteiger partial charge is 0.251 e. The molecule has 0 aliphatic heterocycles. The van der Waals surface area contributed by atoms with E-state index in [0.29, 0.717) is 23.3 Å². The number of hydrogen-bond donors (Lipinski definition) is 4. The maximum Gasteiger partial charge on any atom is 0.251 e. The molecule has 0 atom stereocenters. The highest BCUT2D eigenvalue weighted by Gasteiger charge is 2.35. The molecule has 9 nitrogen and oxygen atoms in total. The number of hydrogen-bond acceptors (Lipinski definition) is 6. The van der Waals surface area contributed by atoms with Crippen LogP contribution < -0.4 is 10.6 Å². The van der Waals surface area contributed by atoms with Crippen LogP contribution in [0.2, 0.25) is 0 Å². The van der Waals surface area contributed by atoms with E-state index in [1.165, 1.54) is 18.4 Å². The van der Waals surface area contributed by atoms with Gasteiger partial charge in [0.25, 0.3) is 5.91 Å². The molecular formula is C26H29N7O2. The topological polar surface area (TPSA) is 121 Å². The monoisotopic (exact) mass is 471 g/mol. The lowest BCUT2D eigenvalue weighted by molar-refractivity contribution is 0.0838. The molecule has 180 valence electrons. The standard InChI is InChI=1S/C26H29N7O2/c1-33-25(28-21-11-10-20-19(14-27-31-20)22(21)16-4-5-16)29-23(32-33)17-6-8-18(9-7-17)24(35)30-26(15-34)12-2-3-13-26/h6-11,14,16,34H,2-5,12-13,15H2,1H3,(H,27,31)(H,30,35)(H,28,29,32). The van der Waals surface area contributed by atoms with Gasteiger partial charge in [-0.25, -0.2) is 4.68 Å². The Labute approximate surface area is 203 Å². The van der Waals surface area contributed by atoms with Crippen molar-refractivity contribution in [2.75, 3.05) is 11.9 Å². The number of rotatable bonds is 7. The lowest BCUT2D eigenvalue weighted by Gasteiger charge is -2.28. The van der Waals surface area contributed by atoms with Crippen molar-refractivity contribution in [2.24, 2.45) is 7.05 Å². The number of carbonyl (C=O) groups excluding carboxylic acids is 1. The Morgan fingerprint density at radius 3 is 2.66 bits per heavy atom. The second-order valence-corrected chi connectivity index (χ2v) is 9.82. The van der Waals surface area contributed by atoms with Gasteiger partial charge in [0.15, 0.2) is 5.82 Å². The molecule has 6 rings (SSSR count). The van der Waals surface area contributed by atoms with Gasteiger partial charge in [-0.15, -0.1) is 5.10 Å². The molecule has 2 fully saturated rings. The summed E-state index contributed by atoms with van der Waals surface area (Å²) in [6, 6.07) is 11.4. The average Bonchev–Trinajstić information content (AvgIpc) is 3.24. The van der Waals surface area contributed by atoms with Crippen LogP contribution >= 0.6 is 0 Å². The van der Waals surface area contributed by atoms with E-state index in [1.807, 2.05) is 31.4 Å². The molecule has 4 aromatic rings.